The molecule has 0 saturated carbocycles. The van der Waals surface area contributed by atoms with Crippen LogP contribution in [-0.4, -0.2) is 65.7 Å². The largest absolute Gasteiger partial charge is 0.491 e. The molecule has 0 bridgehead atoms. The minimum Gasteiger partial charge on any atom is -0.491 e. The number of hydrogen-bond donors (Lipinski definition) is 3. The number of carbonyl (C=O) groups is 2. The van der Waals surface area contributed by atoms with Gasteiger partial charge >= 0.3 is 0 Å². The second-order valence-electron chi connectivity index (χ2n) is 11.4. The van der Waals surface area contributed by atoms with E-state index in [0.717, 1.165) is 21.3 Å². The number of para-hydroxylation sites is 1. The van der Waals surface area contributed by atoms with Crippen molar-refractivity contribution >= 4 is 55.0 Å². The first-order chi connectivity index (χ1) is 23.3. The molecule has 0 atom stereocenters. The van der Waals surface area contributed by atoms with Gasteiger partial charge < -0.3 is 9.64 Å². The van der Waals surface area contributed by atoms with Gasteiger partial charge in [-0.25, -0.2) is 19.8 Å². The summed E-state index contributed by atoms with van der Waals surface area (Å²) in [5, 5.41) is 13.5. The van der Waals surface area contributed by atoms with Crippen LogP contribution in [0.15, 0.2) is 60.7 Å². The molecule has 3 aromatic carbocycles. The van der Waals surface area contributed by atoms with Crippen LogP contribution in [0.2, 0.25) is 0 Å². The first-order valence-electron chi connectivity index (χ1n) is 15.3. The highest BCUT2D eigenvalue weighted by molar-refractivity contribution is 7.22. The molecule has 0 saturated heterocycles. The molecule has 3 N–H and O–H groups in total. The maximum Gasteiger partial charge on any atom is 0.294 e. The Balaban J connectivity index is 1.12. The van der Waals surface area contributed by atoms with Gasteiger partial charge in [-0.2, -0.15) is 0 Å². The zero-order valence-corrected chi connectivity index (χ0v) is 28.0. The number of nitrogens with one attached hydrogen (secondary N) is 2. The summed E-state index contributed by atoms with van der Waals surface area (Å²) in [5.74, 6) is 4.60. The highest BCUT2D eigenvalue weighted by Crippen LogP contribution is 2.33. The Morgan fingerprint density at radius 1 is 1.08 bits per heavy atom. The van der Waals surface area contributed by atoms with Crippen LogP contribution in [0.5, 0.6) is 5.75 Å². The lowest BCUT2D eigenvalue weighted by Crippen LogP contribution is -2.32. The molecule has 1 aliphatic rings. The molecule has 1 aliphatic heterocycles. The zero-order chi connectivity index (χ0) is 33.6. The van der Waals surface area contributed by atoms with Crippen LogP contribution in [0, 0.1) is 17.7 Å². The summed E-state index contributed by atoms with van der Waals surface area (Å²) in [7, 11) is 3.82. The van der Waals surface area contributed by atoms with Crippen LogP contribution in [-0.2, 0) is 19.4 Å². The molecule has 0 aliphatic carbocycles. The lowest BCUT2D eigenvalue weighted by molar-refractivity contribution is 0.0700. The van der Waals surface area contributed by atoms with Gasteiger partial charge in [0.1, 0.15) is 5.69 Å². The Bertz CT molecular complexity index is 2000. The maximum absolute atomic E-state index is 14.6. The van der Waals surface area contributed by atoms with Crippen molar-refractivity contribution in [1.29, 1.82) is 0 Å². The minimum absolute atomic E-state index is 0.122. The number of amides is 2. The Kier molecular flexibility index (Phi) is 10.3. The first-order valence-corrected chi connectivity index (χ1v) is 16.9. The quantitative estimate of drug-likeness (QED) is 0.0737. The predicted molar refractivity (Wildman–Crippen MR) is 186 cm³/mol. The van der Waals surface area contributed by atoms with Gasteiger partial charge in [-0.15, -0.1) is 11.3 Å². The van der Waals surface area contributed by atoms with Gasteiger partial charge in [0, 0.05) is 29.1 Å². The third kappa shape index (κ3) is 7.64. The lowest BCUT2D eigenvalue weighted by atomic mass is 9.94. The monoisotopic (exact) mass is 684 g/mol. The van der Waals surface area contributed by atoms with E-state index in [1.165, 1.54) is 28.7 Å². The van der Waals surface area contributed by atoms with E-state index in [4.69, 9.17) is 4.74 Å². The Labute approximate surface area is 285 Å². The Morgan fingerprint density at radius 3 is 2.73 bits per heavy atom. The van der Waals surface area contributed by atoms with Crippen molar-refractivity contribution in [1.82, 2.24) is 20.3 Å². The number of rotatable bonds is 10. The number of ether oxygens (including phenoxy) is 1. The predicted octanol–water partition coefficient (Wildman–Crippen LogP) is 5.75. The van der Waals surface area contributed by atoms with Crippen molar-refractivity contribution in [3.63, 3.8) is 0 Å². The second-order valence-corrected chi connectivity index (χ2v) is 13.5. The minimum atomic E-state index is -0.710. The molecule has 0 radical (unpaired) electrons. The molecule has 0 unspecified atom stereocenters. The van der Waals surface area contributed by atoms with Crippen molar-refractivity contribution in [3.05, 3.63) is 99.3 Å². The number of aryl methyl sites for hydroxylation is 1. The van der Waals surface area contributed by atoms with Crippen molar-refractivity contribution < 1.29 is 23.9 Å². The average molecular weight is 685 g/mol. The normalized spacial score (nSPS) is 12.4. The average Bonchev–Trinajstić information content (AvgIpc) is 3.70. The number of nitrogens with zero attached hydrogens (tertiary/aromatic N) is 4. The van der Waals surface area contributed by atoms with Crippen LogP contribution in [0.25, 0.3) is 10.2 Å². The maximum atomic E-state index is 14.6. The number of anilines is 2. The van der Waals surface area contributed by atoms with E-state index in [9.17, 15) is 19.2 Å². The molecular formula is C35H33FN6O4S2. The molecule has 2 amide bonds. The van der Waals surface area contributed by atoms with Crippen molar-refractivity contribution in [2.75, 3.05) is 44.0 Å². The molecule has 246 valence electrons. The molecular weight excluding hydrogens is 652 g/mol. The highest BCUT2D eigenvalue weighted by atomic mass is 32.1. The van der Waals surface area contributed by atoms with E-state index in [1.54, 1.807) is 23.7 Å². The number of hydrogen-bond acceptors (Lipinski definition) is 10. The standard InChI is InChI=1S/C35H33FN6O4S2/c1-41(2)17-6-8-22-14-15-28(26(36)20-22)46-19-7-13-30-31(33(44)40-45)38-35(48-30)42-18-16-23-9-5-10-24(25(23)21-42)32(43)39-34-37-27-11-3-4-12-29(27)47-34/h3-5,9-12,14-15,20,45H,7,13,16-19,21H2,1-2H3,(H,40,44)(H,37,39,43). The lowest BCUT2D eigenvalue weighted by Gasteiger charge is -2.29. The summed E-state index contributed by atoms with van der Waals surface area (Å²) >= 11 is 2.77. The van der Waals surface area contributed by atoms with Crippen LogP contribution in [0.1, 0.15) is 48.8 Å². The number of hydroxylamine groups is 1. The van der Waals surface area contributed by atoms with E-state index in [0.29, 0.717) is 65.2 Å². The summed E-state index contributed by atoms with van der Waals surface area (Å²) in [5.41, 5.74) is 5.73. The van der Waals surface area contributed by atoms with Crippen LogP contribution in [0.4, 0.5) is 14.7 Å². The van der Waals surface area contributed by atoms with Crippen molar-refractivity contribution in [2.24, 2.45) is 0 Å². The third-order valence-corrected chi connectivity index (χ3v) is 9.80. The number of fused-ring (bicyclic) bond motifs is 2. The Morgan fingerprint density at radius 2 is 1.94 bits per heavy atom. The van der Waals surface area contributed by atoms with Gasteiger partial charge in [-0.05, 0) is 80.9 Å². The van der Waals surface area contributed by atoms with E-state index >= 15 is 0 Å². The van der Waals surface area contributed by atoms with Gasteiger partial charge in [-0.3, -0.25) is 25.0 Å². The van der Waals surface area contributed by atoms with E-state index in [2.05, 4.69) is 27.1 Å². The molecule has 0 fully saturated rings. The number of benzene rings is 3. The van der Waals surface area contributed by atoms with E-state index in [1.807, 2.05) is 60.3 Å². The van der Waals surface area contributed by atoms with Gasteiger partial charge in [0.15, 0.2) is 21.8 Å². The van der Waals surface area contributed by atoms with Gasteiger partial charge in [0.25, 0.3) is 11.8 Å². The van der Waals surface area contributed by atoms with Crippen LogP contribution in [0.3, 0.4) is 0 Å². The van der Waals surface area contributed by atoms with E-state index < -0.39 is 11.7 Å². The molecule has 6 rings (SSSR count). The highest BCUT2D eigenvalue weighted by Gasteiger charge is 2.27. The van der Waals surface area contributed by atoms with Crippen LogP contribution < -0.4 is 20.4 Å². The van der Waals surface area contributed by atoms with E-state index in [-0.39, 0.29) is 24.0 Å². The smallest absolute Gasteiger partial charge is 0.294 e. The third-order valence-electron chi connectivity index (χ3n) is 7.67. The number of halogens is 1. The molecule has 0 spiro atoms. The fourth-order valence-electron chi connectivity index (χ4n) is 5.33. The SMILES string of the molecule is CN(C)CC#Cc1ccc(OCCCc2sc(N3CCc4cccc(C(=O)Nc5nc6ccccc6s5)c4C3)nc2C(=O)NO)c(F)c1. The van der Waals surface area contributed by atoms with Gasteiger partial charge in [-0.1, -0.05) is 47.4 Å². The molecule has 5 aromatic rings. The number of thiazole rings is 2. The molecule has 2 aromatic heterocycles. The molecule has 10 nitrogen and oxygen atoms in total. The fourth-order valence-corrected chi connectivity index (χ4v) is 7.32. The van der Waals surface area contributed by atoms with Gasteiger partial charge in [0.05, 0.1) is 23.4 Å². The van der Waals surface area contributed by atoms with Crippen LogP contribution >= 0.6 is 22.7 Å². The zero-order valence-electron chi connectivity index (χ0n) is 26.4. The summed E-state index contributed by atoms with van der Waals surface area (Å²) in [6.45, 7) is 1.84. The van der Waals surface area contributed by atoms with Crippen molar-refractivity contribution in [2.45, 2.75) is 25.8 Å². The molecule has 3 heterocycles. The Hall–Kier alpha value is -4.87. The summed E-state index contributed by atoms with van der Waals surface area (Å²) in [4.78, 5) is 39.8. The summed E-state index contributed by atoms with van der Waals surface area (Å²) in [6, 6.07) is 18.1. The summed E-state index contributed by atoms with van der Waals surface area (Å²) in [6.07, 6.45) is 1.60. The molecule has 13 heteroatoms. The molecule has 48 heavy (non-hydrogen) atoms. The summed E-state index contributed by atoms with van der Waals surface area (Å²) < 4.78 is 21.3. The number of carbonyl (C=O) groups excluding carboxylic acids is 2. The van der Waals surface area contributed by atoms with Crippen molar-refractivity contribution in [3.8, 4) is 17.6 Å². The van der Waals surface area contributed by atoms with Gasteiger partial charge in [0.2, 0.25) is 0 Å². The number of aromatic nitrogens is 2. The topological polar surface area (TPSA) is 120 Å². The first kappa shape index (κ1) is 33.0. The second kappa shape index (κ2) is 14.9. The fraction of sp³-hybridized carbons (Fsp3) is 0.257.